The van der Waals surface area contributed by atoms with Gasteiger partial charge in [-0.05, 0) is 0 Å². The van der Waals surface area contributed by atoms with Crippen LogP contribution in [0, 0.1) is 10.7 Å². The van der Waals surface area contributed by atoms with E-state index in [1.165, 1.54) is 4.46 Å². The normalized spacial score (nSPS) is 11.5. The number of aliphatic hydroxyl groups is 1. The molecule has 2 aromatic carbocycles. The molecule has 0 radical (unpaired) electrons. The van der Waals surface area contributed by atoms with Crippen LogP contribution in [0.25, 0.3) is 0 Å². The van der Waals surface area contributed by atoms with Crippen LogP contribution in [-0.2, 0) is 11.3 Å². The average Bonchev–Trinajstić information content (AvgIpc) is 2.56. The molecule has 22 heavy (non-hydrogen) atoms. The van der Waals surface area contributed by atoms with E-state index in [-0.39, 0.29) is 15.0 Å². The maximum atomic E-state index is 9.86. The van der Waals surface area contributed by atoms with E-state index in [9.17, 15) is 5.11 Å². The van der Waals surface area contributed by atoms with E-state index in [2.05, 4.69) is 22.9 Å². The number of rotatable bonds is 7. The molecule has 2 aromatic rings. The van der Waals surface area contributed by atoms with Crippen molar-refractivity contribution >= 4 is 19.4 Å². The van der Waals surface area contributed by atoms with Gasteiger partial charge in [0.25, 0.3) is 0 Å². The molecule has 1 unspecified atom stereocenters. The molecule has 2 rings (SSSR count). The summed E-state index contributed by atoms with van der Waals surface area (Å²) in [5.41, 5.74) is 1.13. The standard InChI is InChI=1S/C19H20O2Se/c20-18(16-21-15-17-9-3-1-4-10-17)11-7-8-14-22-19-12-5-2-6-13-19/h1-6,9-10,12-13,18,20H,7,11,15-16H2. The molecule has 0 aliphatic rings. The molecular formula is C19H20O2Se. The van der Waals surface area contributed by atoms with Crippen molar-refractivity contribution in [1.29, 1.82) is 0 Å². The summed E-state index contributed by atoms with van der Waals surface area (Å²) in [6, 6.07) is 20.3. The summed E-state index contributed by atoms with van der Waals surface area (Å²) in [5.74, 6) is 3.14. The van der Waals surface area contributed by atoms with Crippen molar-refractivity contribution in [2.45, 2.75) is 25.6 Å². The SMILES string of the molecule is OC(CCC#C[Se]c1ccccc1)COCc1ccccc1. The molecule has 1 atom stereocenters. The molecule has 3 heteroatoms. The monoisotopic (exact) mass is 360 g/mol. The van der Waals surface area contributed by atoms with E-state index in [0.29, 0.717) is 26.1 Å². The second-order valence-corrected chi connectivity index (χ2v) is 6.73. The third kappa shape index (κ3) is 6.93. The fourth-order valence-corrected chi connectivity index (χ4v) is 3.07. The quantitative estimate of drug-likeness (QED) is 0.607. The Balaban J connectivity index is 1.57. The number of hydrogen-bond donors (Lipinski definition) is 1. The molecule has 0 fully saturated rings. The average molecular weight is 359 g/mol. The van der Waals surface area contributed by atoms with Gasteiger partial charge in [-0.3, -0.25) is 0 Å². The topological polar surface area (TPSA) is 29.5 Å². The van der Waals surface area contributed by atoms with Crippen molar-refractivity contribution in [1.82, 2.24) is 0 Å². The van der Waals surface area contributed by atoms with Gasteiger partial charge in [0.1, 0.15) is 0 Å². The van der Waals surface area contributed by atoms with Gasteiger partial charge in [0, 0.05) is 0 Å². The van der Waals surface area contributed by atoms with Crippen LogP contribution in [0.15, 0.2) is 60.7 Å². The molecule has 0 spiro atoms. The molecular weight excluding hydrogens is 339 g/mol. The zero-order valence-corrected chi connectivity index (χ0v) is 14.2. The Bertz CT molecular complexity index is 587. The van der Waals surface area contributed by atoms with Crippen LogP contribution in [0.4, 0.5) is 0 Å². The van der Waals surface area contributed by atoms with Crippen LogP contribution in [0.1, 0.15) is 18.4 Å². The minimum absolute atomic E-state index is 0.204. The Hall–Kier alpha value is -1.56. The summed E-state index contributed by atoms with van der Waals surface area (Å²) in [5, 5.41) is 9.86. The van der Waals surface area contributed by atoms with E-state index in [4.69, 9.17) is 4.74 Å². The van der Waals surface area contributed by atoms with Crippen molar-refractivity contribution in [2.75, 3.05) is 6.61 Å². The van der Waals surface area contributed by atoms with Gasteiger partial charge >= 0.3 is 138 Å². The predicted octanol–water partition coefficient (Wildman–Crippen LogP) is 2.33. The van der Waals surface area contributed by atoms with Gasteiger partial charge in [0.05, 0.1) is 0 Å². The van der Waals surface area contributed by atoms with Gasteiger partial charge in [-0.2, -0.15) is 0 Å². The van der Waals surface area contributed by atoms with Crippen LogP contribution < -0.4 is 4.46 Å². The molecule has 0 aliphatic heterocycles. The van der Waals surface area contributed by atoms with E-state index in [1.54, 1.807) is 0 Å². The van der Waals surface area contributed by atoms with Gasteiger partial charge in [-0.1, -0.05) is 0 Å². The Kier molecular flexibility index (Phi) is 7.80. The van der Waals surface area contributed by atoms with Gasteiger partial charge in [-0.15, -0.1) is 0 Å². The Morgan fingerprint density at radius 3 is 2.41 bits per heavy atom. The van der Waals surface area contributed by atoms with Crippen molar-refractivity contribution in [3.63, 3.8) is 0 Å². The fraction of sp³-hybridized carbons (Fsp3) is 0.263. The van der Waals surface area contributed by atoms with Crippen molar-refractivity contribution in [3.05, 3.63) is 66.2 Å². The first-order valence-corrected chi connectivity index (χ1v) is 9.05. The molecule has 0 saturated carbocycles. The van der Waals surface area contributed by atoms with Crippen LogP contribution in [0.5, 0.6) is 0 Å². The van der Waals surface area contributed by atoms with Crippen molar-refractivity contribution < 1.29 is 9.84 Å². The van der Waals surface area contributed by atoms with Crippen molar-refractivity contribution in [3.8, 4) is 10.7 Å². The van der Waals surface area contributed by atoms with Gasteiger partial charge in [0.15, 0.2) is 0 Å². The first-order chi connectivity index (χ1) is 10.8. The molecule has 114 valence electrons. The van der Waals surface area contributed by atoms with Gasteiger partial charge < -0.3 is 0 Å². The molecule has 2 nitrogen and oxygen atoms in total. The Morgan fingerprint density at radius 2 is 1.68 bits per heavy atom. The maximum absolute atomic E-state index is 9.86. The zero-order valence-electron chi connectivity index (χ0n) is 12.4. The second-order valence-electron chi connectivity index (χ2n) is 4.89. The van der Waals surface area contributed by atoms with E-state index >= 15 is 0 Å². The molecule has 0 heterocycles. The Morgan fingerprint density at radius 1 is 1.00 bits per heavy atom. The number of benzene rings is 2. The first kappa shape index (κ1) is 16.8. The molecule has 0 saturated heterocycles. The number of hydrogen-bond acceptors (Lipinski definition) is 2. The summed E-state index contributed by atoms with van der Waals surface area (Å²) < 4.78 is 6.80. The summed E-state index contributed by atoms with van der Waals surface area (Å²) in [7, 11) is 0. The third-order valence-electron chi connectivity index (χ3n) is 3.01. The minimum atomic E-state index is -0.442. The van der Waals surface area contributed by atoms with Crippen LogP contribution in [0.2, 0.25) is 0 Å². The summed E-state index contributed by atoms with van der Waals surface area (Å²) in [6.07, 6.45) is 0.930. The molecule has 1 N–H and O–H groups in total. The van der Waals surface area contributed by atoms with E-state index in [0.717, 1.165) is 5.56 Å². The van der Waals surface area contributed by atoms with E-state index < -0.39 is 6.10 Å². The van der Waals surface area contributed by atoms with E-state index in [1.807, 2.05) is 48.5 Å². The first-order valence-electron chi connectivity index (χ1n) is 7.34. The zero-order chi connectivity index (χ0) is 15.5. The number of aliphatic hydroxyl groups excluding tert-OH is 1. The molecule has 0 aliphatic carbocycles. The second kappa shape index (κ2) is 10.2. The van der Waals surface area contributed by atoms with Crippen LogP contribution in [0.3, 0.4) is 0 Å². The molecule has 0 aromatic heterocycles. The predicted molar refractivity (Wildman–Crippen MR) is 90.9 cm³/mol. The van der Waals surface area contributed by atoms with Gasteiger partial charge in [-0.25, -0.2) is 0 Å². The summed E-state index contributed by atoms with van der Waals surface area (Å²) in [6.45, 7) is 0.904. The summed E-state index contributed by atoms with van der Waals surface area (Å²) >= 11 is 0.204. The summed E-state index contributed by atoms with van der Waals surface area (Å²) in [4.78, 5) is 3.20. The van der Waals surface area contributed by atoms with Crippen LogP contribution >= 0.6 is 0 Å². The van der Waals surface area contributed by atoms with Crippen LogP contribution in [-0.4, -0.2) is 32.8 Å². The van der Waals surface area contributed by atoms with Crippen molar-refractivity contribution in [2.24, 2.45) is 0 Å². The molecule has 0 amide bonds. The fourth-order valence-electron chi connectivity index (χ4n) is 1.84. The number of ether oxygens (including phenoxy) is 1. The molecule has 0 bridgehead atoms. The third-order valence-corrected chi connectivity index (χ3v) is 4.59. The van der Waals surface area contributed by atoms with Gasteiger partial charge in [0.2, 0.25) is 0 Å². The Labute approximate surface area is 138 Å².